The molecule has 0 aliphatic carbocycles. The number of benzene rings is 2. The van der Waals surface area contributed by atoms with Crippen LogP contribution in [0.25, 0.3) is 21.8 Å². The molecule has 2 amide bonds. The molecule has 44 heavy (non-hydrogen) atoms. The average Bonchev–Trinajstić information content (AvgIpc) is 3.04. The molecule has 2 aromatic heterocycles. The van der Waals surface area contributed by atoms with E-state index in [1.54, 1.807) is 24.5 Å². The SMILES string of the molecule is O=C(CNCCOCCO)Nc1ccc(C#Cc2ccc(NC(=O)CNCCOCCO)c3ncccc23)c2cccnc12. The van der Waals surface area contributed by atoms with Crippen molar-refractivity contribution in [3.8, 4) is 11.8 Å². The Morgan fingerprint density at radius 3 is 1.55 bits per heavy atom. The Morgan fingerprint density at radius 1 is 0.659 bits per heavy atom. The predicted octanol–water partition coefficient (Wildman–Crippen LogP) is 1.26. The standard InChI is InChI=1S/C32H36N6O6/c39-15-19-43-17-13-33-21-29(41)37-27-9-7-23(25-3-1-11-35-31(25)27)5-6-24-8-10-28(32-26(24)4-2-12-36-32)38-30(42)22-34-14-18-44-20-16-40/h1-4,7-12,33-34,39-40H,13-22H2,(H,37,41)(H,38,42). The van der Waals surface area contributed by atoms with Gasteiger partial charge in [-0.3, -0.25) is 19.6 Å². The lowest BCUT2D eigenvalue weighted by Gasteiger charge is -2.11. The van der Waals surface area contributed by atoms with Gasteiger partial charge in [0.1, 0.15) is 0 Å². The maximum absolute atomic E-state index is 12.5. The quantitative estimate of drug-likeness (QED) is 0.0814. The average molecular weight is 601 g/mol. The van der Waals surface area contributed by atoms with Crippen LogP contribution in [0, 0.1) is 11.8 Å². The van der Waals surface area contributed by atoms with Crippen LogP contribution in [-0.4, -0.2) is 97.8 Å². The Labute approximate surface area is 255 Å². The molecule has 0 aliphatic rings. The van der Waals surface area contributed by atoms with E-state index in [0.29, 0.717) is 48.7 Å². The van der Waals surface area contributed by atoms with Gasteiger partial charge in [0.2, 0.25) is 11.8 Å². The van der Waals surface area contributed by atoms with E-state index in [1.165, 1.54) is 0 Å². The second-order valence-corrected chi connectivity index (χ2v) is 9.49. The molecule has 0 unspecified atom stereocenters. The van der Waals surface area contributed by atoms with Gasteiger partial charge >= 0.3 is 0 Å². The lowest BCUT2D eigenvalue weighted by molar-refractivity contribution is -0.116. The zero-order valence-corrected chi connectivity index (χ0v) is 24.3. The Bertz CT molecular complexity index is 1500. The minimum atomic E-state index is -0.216. The normalized spacial score (nSPS) is 10.9. The number of pyridine rings is 2. The molecule has 230 valence electrons. The summed E-state index contributed by atoms with van der Waals surface area (Å²) in [5, 5.41) is 30.9. The number of carbonyl (C=O) groups excluding carboxylic acids is 2. The number of hydrogen-bond donors (Lipinski definition) is 6. The van der Waals surface area contributed by atoms with Crippen molar-refractivity contribution in [2.45, 2.75) is 0 Å². The van der Waals surface area contributed by atoms with Crippen LogP contribution in [0.2, 0.25) is 0 Å². The van der Waals surface area contributed by atoms with Gasteiger partial charge in [-0.2, -0.15) is 0 Å². The molecule has 2 aromatic carbocycles. The van der Waals surface area contributed by atoms with Crippen molar-refractivity contribution < 1.29 is 29.3 Å². The first-order valence-corrected chi connectivity index (χ1v) is 14.3. The van der Waals surface area contributed by atoms with Crippen molar-refractivity contribution in [1.82, 2.24) is 20.6 Å². The number of ether oxygens (including phenoxy) is 2. The summed E-state index contributed by atoms with van der Waals surface area (Å²) in [4.78, 5) is 34.0. The molecule has 6 N–H and O–H groups in total. The molecular formula is C32H36N6O6. The number of nitrogens with one attached hydrogen (secondary N) is 4. The van der Waals surface area contributed by atoms with Gasteiger partial charge in [-0.25, -0.2) is 0 Å². The van der Waals surface area contributed by atoms with E-state index in [9.17, 15) is 9.59 Å². The summed E-state index contributed by atoms with van der Waals surface area (Å²) in [6, 6.07) is 14.7. The van der Waals surface area contributed by atoms with Crippen LogP contribution in [0.4, 0.5) is 11.4 Å². The Kier molecular flexibility index (Phi) is 13.0. The van der Waals surface area contributed by atoms with Crippen LogP contribution in [0.3, 0.4) is 0 Å². The van der Waals surface area contributed by atoms with E-state index in [1.807, 2.05) is 36.4 Å². The molecule has 4 aromatic rings. The van der Waals surface area contributed by atoms with Gasteiger partial charge in [0, 0.05) is 47.4 Å². The highest BCUT2D eigenvalue weighted by Gasteiger charge is 2.11. The second kappa shape index (κ2) is 17.6. The number of amides is 2. The van der Waals surface area contributed by atoms with Crippen LogP contribution in [0.15, 0.2) is 60.9 Å². The maximum Gasteiger partial charge on any atom is 0.238 e. The van der Waals surface area contributed by atoms with E-state index in [-0.39, 0.29) is 51.3 Å². The highest BCUT2D eigenvalue weighted by atomic mass is 16.5. The van der Waals surface area contributed by atoms with Crippen LogP contribution >= 0.6 is 0 Å². The minimum absolute atomic E-state index is 0.0373. The molecule has 12 heteroatoms. The summed E-state index contributed by atoms with van der Waals surface area (Å²) in [5.41, 5.74) is 3.89. The molecule has 12 nitrogen and oxygen atoms in total. The van der Waals surface area contributed by atoms with Crippen molar-refractivity contribution in [2.24, 2.45) is 0 Å². The summed E-state index contributed by atoms with van der Waals surface area (Å²) in [5.74, 6) is 6.06. The van der Waals surface area contributed by atoms with Gasteiger partial charge in [-0.1, -0.05) is 11.8 Å². The number of fused-ring (bicyclic) bond motifs is 2. The fraction of sp³-hybridized carbons (Fsp3) is 0.312. The lowest BCUT2D eigenvalue weighted by Crippen LogP contribution is -2.30. The van der Waals surface area contributed by atoms with Gasteiger partial charge in [0.15, 0.2) is 0 Å². The molecule has 0 spiro atoms. The van der Waals surface area contributed by atoms with E-state index in [2.05, 4.69) is 43.1 Å². The lowest BCUT2D eigenvalue weighted by atomic mass is 10.0. The first-order chi connectivity index (χ1) is 21.6. The third kappa shape index (κ3) is 9.51. The minimum Gasteiger partial charge on any atom is -0.394 e. The number of hydrogen-bond acceptors (Lipinski definition) is 10. The van der Waals surface area contributed by atoms with E-state index < -0.39 is 0 Å². The number of nitrogens with zero attached hydrogens (tertiary/aromatic N) is 2. The fourth-order valence-corrected chi connectivity index (χ4v) is 4.31. The molecule has 0 atom stereocenters. The second-order valence-electron chi connectivity index (χ2n) is 9.49. The summed E-state index contributed by atoms with van der Waals surface area (Å²) < 4.78 is 10.4. The molecule has 0 aliphatic heterocycles. The number of aliphatic hydroxyl groups excluding tert-OH is 2. The molecule has 2 heterocycles. The first kappa shape index (κ1) is 32.4. The number of carbonyl (C=O) groups is 2. The molecule has 0 radical (unpaired) electrons. The monoisotopic (exact) mass is 600 g/mol. The highest BCUT2D eigenvalue weighted by molar-refractivity contribution is 6.04. The van der Waals surface area contributed by atoms with E-state index in [0.717, 1.165) is 21.9 Å². The number of anilines is 2. The molecule has 0 saturated heterocycles. The number of rotatable bonds is 16. The van der Waals surface area contributed by atoms with Crippen LogP contribution in [0.5, 0.6) is 0 Å². The van der Waals surface area contributed by atoms with Crippen LogP contribution in [-0.2, 0) is 19.1 Å². The largest absolute Gasteiger partial charge is 0.394 e. The summed E-state index contributed by atoms with van der Waals surface area (Å²) >= 11 is 0. The van der Waals surface area contributed by atoms with Crippen molar-refractivity contribution in [3.63, 3.8) is 0 Å². The Hall–Kier alpha value is -4.48. The summed E-state index contributed by atoms with van der Waals surface area (Å²) in [6.07, 6.45) is 3.33. The van der Waals surface area contributed by atoms with Gasteiger partial charge in [-0.05, 0) is 48.5 Å². The Morgan fingerprint density at radius 2 is 1.11 bits per heavy atom. The number of aromatic nitrogens is 2. The van der Waals surface area contributed by atoms with Gasteiger partial charge in [-0.15, -0.1) is 0 Å². The zero-order chi connectivity index (χ0) is 31.0. The molecule has 0 saturated carbocycles. The van der Waals surface area contributed by atoms with Gasteiger partial charge in [0.05, 0.1) is 75.1 Å². The third-order valence-corrected chi connectivity index (χ3v) is 6.31. The number of aliphatic hydroxyl groups is 2. The smallest absolute Gasteiger partial charge is 0.238 e. The zero-order valence-electron chi connectivity index (χ0n) is 24.3. The molecule has 0 bridgehead atoms. The van der Waals surface area contributed by atoms with Gasteiger partial charge in [0.25, 0.3) is 0 Å². The van der Waals surface area contributed by atoms with Crippen LogP contribution < -0.4 is 21.3 Å². The van der Waals surface area contributed by atoms with Crippen molar-refractivity contribution in [2.75, 3.05) is 76.5 Å². The highest BCUT2D eigenvalue weighted by Crippen LogP contribution is 2.26. The molecule has 4 rings (SSSR count). The summed E-state index contributed by atoms with van der Waals surface area (Å²) in [7, 11) is 0. The van der Waals surface area contributed by atoms with Crippen LogP contribution in [0.1, 0.15) is 11.1 Å². The van der Waals surface area contributed by atoms with E-state index >= 15 is 0 Å². The van der Waals surface area contributed by atoms with E-state index in [4.69, 9.17) is 19.7 Å². The molecule has 0 fully saturated rings. The Balaban J connectivity index is 1.46. The van der Waals surface area contributed by atoms with Crippen molar-refractivity contribution in [1.29, 1.82) is 0 Å². The molecular weight excluding hydrogens is 564 g/mol. The maximum atomic E-state index is 12.5. The third-order valence-electron chi connectivity index (χ3n) is 6.31. The fourth-order valence-electron chi connectivity index (χ4n) is 4.31. The predicted molar refractivity (Wildman–Crippen MR) is 168 cm³/mol. The van der Waals surface area contributed by atoms with Crippen molar-refractivity contribution in [3.05, 3.63) is 72.1 Å². The van der Waals surface area contributed by atoms with Gasteiger partial charge < -0.3 is 41.0 Å². The van der Waals surface area contributed by atoms with Crippen molar-refractivity contribution >= 4 is 45.0 Å². The topological polar surface area (TPSA) is 167 Å². The summed E-state index contributed by atoms with van der Waals surface area (Å²) in [6.45, 7) is 2.43. The first-order valence-electron chi connectivity index (χ1n) is 14.3.